The summed E-state index contributed by atoms with van der Waals surface area (Å²) in [5.74, 6) is 2.02. The van der Waals surface area contributed by atoms with Crippen LogP contribution in [-0.2, 0) is 0 Å². The van der Waals surface area contributed by atoms with E-state index in [2.05, 4.69) is 26.1 Å². The fraction of sp³-hybridized carbons (Fsp3) is 0.600. The summed E-state index contributed by atoms with van der Waals surface area (Å²) in [6.07, 6.45) is 0.905. The first-order chi connectivity index (χ1) is 9.13. The molecule has 0 fully saturated rings. The molecule has 106 valence electrons. The van der Waals surface area contributed by atoms with Crippen LogP contribution in [0.1, 0.15) is 38.8 Å². The standard InChI is InChI=1S/C15H22ClNO2/c1-4-17-15(10(2)3)11-8-13-14(9-12(11)16)19-7-5-6-18-13/h8-10,15,17H,4-7H2,1-3H3. The summed E-state index contributed by atoms with van der Waals surface area (Å²) in [7, 11) is 0. The third kappa shape index (κ3) is 3.34. The van der Waals surface area contributed by atoms with Crippen molar-refractivity contribution in [2.75, 3.05) is 19.8 Å². The van der Waals surface area contributed by atoms with Crippen LogP contribution in [0.15, 0.2) is 12.1 Å². The van der Waals surface area contributed by atoms with E-state index >= 15 is 0 Å². The monoisotopic (exact) mass is 283 g/mol. The first-order valence-corrected chi connectivity index (χ1v) is 7.33. The molecule has 0 bridgehead atoms. The summed E-state index contributed by atoms with van der Waals surface area (Å²) in [5.41, 5.74) is 1.09. The minimum Gasteiger partial charge on any atom is -0.490 e. The van der Waals surface area contributed by atoms with E-state index in [0.717, 1.165) is 35.1 Å². The minimum atomic E-state index is 0.231. The Hall–Kier alpha value is -0.930. The molecule has 0 saturated carbocycles. The van der Waals surface area contributed by atoms with Crippen molar-refractivity contribution in [1.29, 1.82) is 0 Å². The van der Waals surface area contributed by atoms with Crippen molar-refractivity contribution in [2.45, 2.75) is 33.2 Å². The topological polar surface area (TPSA) is 30.5 Å². The molecular weight excluding hydrogens is 262 g/mol. The van der Waals surface area contributed by atoms with Gasteiger partial charge in [0.2, 0.25) is 0 Å². The smallest absolute Gasteiger partial charge is 0.162 e. The van der Waals surface area contributed by atoms with E-state index in [0.29, 0.717) is 19.1 Å². The van der Waals surface area contributed by atoms with Crippen molar-refractivity contribution in [3.8, 4) is 11.5 Å². The van der Waals surface area contributed by atoms with Crippen molar-refractivity contribution < 1.29 is 9.47 Å². The lowest BCUT2D eigenvalue weighted by Crippen LogP contribution is -2.25. The number of hydrogen-bond acceptors (Lipinski definition) is 3. The number of nitrogens with one attached hydrogen (secondary N) is 1. The highest BCUT2D eigenvalue weighted by Crippen LogP contribution is 2.39. The lowest BCUT2D eigenvalue weighted by Gasteiger charge is -2.24. The predicted molar refractivity (Wildman–Crippen MR) is 78.3 cm³/mol. The molecule has 0 aromatic heterocycles. The Morgan fingerprint density at radius 1 is 1.21 bits per heavy atom. The Morgan fingerprint density at radius 3 is 2.42 bits per heavy atom. The SMILES string of the molecule is CCNC(c1cc2c(cc1Cl)OCCCO2)C(C)C. The van der Waals surface area contributed by atoms with Gasteiger partial charge in [-0.3, -0.25) is 0 Å². The minimum absolute atomic E-state index is 0.231. The third-order valence-corrected chi connectivity index (χ3v) is 3.62. The van der Waals surface area contributed by atoms with Gasteiger partial charge in [0.05, 0.1) is 13.2 Å². The molecule has 1 aliphatic rings. The molecule has 4 heteroatoms. The second-order valence-electron chi connectivity index (χ2n) is 5.15. The van der Waals surface area contributed by atoms with Gasteiger partial charge in [0.25, 0.3) is 0 Å². The molecule has 2 rings (SSSR count). The largest absolute Gasteiger partial charge is 0.490 e. The Balaban J connectivity index is 2.37. The van der Waals surface area contributed by atoms with Gasteiger partial charge in [-0.2, -0.15) is 0 Å². The molecular formula is C15H22ClNO2. The van der Waals surface area contributed by atoms with Crippen LogP contribution in [0.2, 0.25) is 5.02 Å². The zero-order valence-corrected chi connectivity index (χ0v) is 12.6. The van der Waals surface area contributed by atoms with Crippen LogP contribution in [0.25, 0.3) is 0 Å². The second kappa shape index (κ2) is 6.49. The summed E-state index contributed by atoms with van der Waals surface area (Å²) < 4.78 is 11.4. The molecule has 1 N–H and O–H groups in total. The molecule has 1 aromatic carbocycles. The number of hydrogen-bond donors (Lipinski definition) is 1. The highest BCUT2D eigenvalue weighted by Gasteiger charge is 2.21. The van der Waals surface area contributed by atoms with Crippen LogP contribution >= 0.6 is 11.6 Å². The maximum Gasteiger partial charge on any atom is 0.162 e. The van der Waals surface area contributed by atoms with Gasteiger partial charge in [0, 0.05) is 23.6 Å². The second-order valence-corrected chi connectivity index (χ2v) is 5.56. The molecule has 0 aliphatic carbocycles. The van der Waals surface area contributed by atoms with Gasteiger partial charge in [-0.1, -0.05) is 32.4 Å². The number of ether oxygens (including phenoxy) is 2. The first-order valence-electron chi connectivity index (χ1n) is 6.96. The quantitative estimate of drug-likeness (QED) is 0.911. The average Bonchev–Trinajstić information content (AvgIpc) is 2.59. The Labute approximate surface area is 120 Å². The first kappa shape index (κ1) is 14.5. The maximum absolute atomic E-state index is 6.41. The normalized spacial score (nSPS) is 16.3. The van der Waals surface area contributed by atoms with E-state index in [4.69, 9.17) is 21.1 Å². The van der Waals surface area contributed by atoms with Crippen LogP contribution in [0.3, 0.4) is 0 Å². The Kier molecular flexibility index (Phi) is 4.94. The predicted octanol–water partition coefficient (Wildman–Crippen LogP) is 3.81. The molecule has 0 radical (unpaired) electrons. The van der Waals surface area contributed by atoms with Crippen LogP contribution < -0.4 is 14.8 Å². The van der Waals surface area contributed by atoms with Gasteiger partial charge in [-0.25, -0.2) is 0 Å². The summed E-state index contributed by atoms with van der Waals surface area (Å²) in [6, 6.07) is 4.13. The molecule has 19 heavy (non-hydrogen) atoms. The van der Waals surface area contributed by atoms with Crippen LogP contribution in [0, 0.1) is 5.92 Å². The molecule has 1 aromatic rings. The molecule has 0 spiro atoms. The fourth-order valence-electron chi connectivity index (χ4n) is 2.36. The van der Waals surface area contributed by atoms with Crippen molar-refractivity contribution in [2.24, 2.45) is 5.92 Å². The summed E-state index contributed by atoms with van der Waals surface area (Å²) in [5, 5.41) is 4.22. The summed E-state index contributed by atoms with van der Waals surface area (Å²) >= 11 is 6.41. The van der Waals surface area contributed by atoms with Gasteiger partial charge in [0.1, 0.15) is 0 Å². The fourth-order valence-corrected chi connectivity index (χ4v) is 2.63. The Bertz CT molecular complexity index is 434. The summed E-state index contributed by atoms with van der Waals surface area (Å²) in [6.45, 7) is 8.77. The van der Waals surface area contributed by atoms with Gasteiger partial charge in [-0.05, 0) is 24.1 Å². The van der Waals surface area contributed by atoms with Crippen LogP contribution in [0.5, 0.6) is 11.5 Å². The van der Waals surface area contributed by atoms with Crippen molar-refractivity contribution >= 4 is 11.6 Å². The van der Waals surface area contributed by atoms with Gasteiger partial charge in [0.15, 0.2) is 11.5 Å². The number of benzene rings is 1. The van der Waals surface area contributed by atoms with E-state index in [9.17, 15) is 0 Å². The molecule has 1 atom stereocenters. The average molecular weight is 284 g/mol. The summed E-state index contributed by atoms with van der Waals surface area (Å²) in [4.78, 5) is 0. The van der Waals surface area contributed by atoms with Gasteiger partial charge >= 0.3 is 0 Å². The molecule has 1 heterocycles. The lowest BCUT2D eigenvalue weighted by molar-refractivity contribution is 0.296. The number of rotatable bonds is 4. The maximum atomic E-state index is 6.41. The van der Waals surface area contributed by atoms with Gasteiger partial charge < -0.3 is 14.8 Å². The van der Waals surface area contributed by atoms with Crippen LogP contribution in [-0.4, -0.2) is 19.8 Å². The van der Waals surface area contributed by atoms with E-state index in [1.165, 1.54) is 0 Å². The number of halogens is 1. The highest BCUT2D eigenvalue weighted by atomic mass is 35.5. The molecule has 0 amide bonds. The van der Waals surface area contributed by atoms with E-state index in [1.807, 2.05) is 12.1 Å². The molecule has 1 aliphatic heterocycles. The van der Waals surface area contributed by atoms with Crippen molar-refractivity contribution in [3.63, 3.8) is 0 Å². The van der Waals surface area contributed by atoms with Crippen molar-refractivity contribution in [3.05, 3.63) is 22.7 Å². The highest BCUT2D eigenvalue weighted by molar-refractivity contribution is 6.31. The molecule has 3 nitrogen and oxygen atoms in total. The zero-order valence-electron chi connectivity index (χ0n) is 11.8. The van der Waals surface area contributed by atoms with E-state index < -0.39 is 0 Å². The van der Waals surface area contributed by atoms with Crippen LogP contribution in [0.4, 0.5) is 0 Å². The van der Waals surface area contributed by atoms with Crippen molar-refractivity contribution in [1.82, 2.24) is 5.32 Å². The number of fused-ring (bicyclic) bond motifs is 1. The van der Waals surface area contributed by atoms with E-state index in [1.54, 1.807) is 0 Å². The molecule has 1 unspecified atom stereocenters. The third-order valence-electron chi connectivity index (χ3n) is 3.29. The van der Waals surface area contributed by atoms with Gasteiger partial charge in [-0.15, -0.1) is 0 Å². The molecule has 0 saturated heterocycles. The lowest BCUT2D eigenvalue weighted by atomic mass is 9.95. The zero-order chi connectivity index (χ0) is 13.8. The Morgan fingerprint density at radius 2 is 1.84 bits per heavy atom. The van der Waals surface area contributed by atoms with E-state index in [-0.39, 0.29) is 6.04 Å².